The molecule has 33 heavy (non-hydrogen) atoms. The number of ketones is 1. The number of Topliss-reactive ketones (excluding diaryl/α,β-unsaturated/α-hetero) is 1. The van der Waals surface area contributed by atoms with Crippen LogP contribution in [0.3, 0.4) is 0 Å². The average molecular weight is 437 g/mol. The van der Waals surface area contributed by atoms with Gasteiger partial charge in [0.15, 0.2) is 5.78 Å². The molecule has 1 aliphatic rings. The molecule has 166 valence electrons. The maximum absolute atomic E-state index is 11.5. The van der Waals surface area contributed by atoms with Crippen LogP contribution < -0.4 is 0 Å². The van der Waals surface area contributed by atoms with Gasteiger partial charge >= 0.3 is 0 Å². The summed E-state index contributed by atoms with van der Waals surface area (Å²) in [7, 11) is 0. The van der Waals surface area contributed by atoms with Gasteiger partial charge in [-0.05, 0) is 73.7 Å². The molecule has 1 aliphatic heterocycles. The predicted octanol–water partition coefficient (Wildman–Crippen LogP) is 5.72. The highest BCUT2D eigenvalue weighted by Crippen LogP contribution is 2.29. The smallest absolute Gasteiger partial charge is 0.159 e. The van der Waals surface area contributed by atoms with E-state index in [9.17, 15) is 4.79 Å². The van der Waals surface area contributed by atoms with Crippen LogP contribution in [-0.2, 0) is 0 Å². The first kappa shape index (κ1) is 21.3. The van der Waals surface area contributed by atoms with Crippen molar-refractivity contribution in [1.29, 1.82) is 0 Å². The van der Waals surface area contributed by atoms with Gasteiger partial charge in [-0.2, -0.15) is 5.10 Å². The standard InChI is InChI=1S/C28H28N4O/c1-20(33)21-4-6-22(7-5-21)23-11-15-32(16-12-23)14-2-3-25-18-29-13-10-27(25)24-8-9-28-26(17-24)19-30-31-28/h2-10,13,17-19,23H,11-12,14-16H2,1H3,(H,30,31). The molecule has 4 aromatic rings. The SMILES string of the molecule is CC(=O)c1ccc(C2CCN(CC=Cc3cnccc3-c3ccc4[nH]ncc4c3)CC2)cc1. The molecule has 0 amide bonds. The van der Waals surface area contributed by atoms with Gasteiger partial charge in [0.1, 0.15) is 0 Å². The Morgan fingerprint density at radius 2 is 1.91 bits per heavy atom. The number of piperidine rings is 1. The largest absolute Gasteiger partial charge is 0.300 e. The number of H-pyrrole nitrogens is 1. The van der Waals surface area contributed by atoms with Crippen molar-refractivity contribution in [3.05, 3.63) is 89.9 Å². The Kier molecular flexibility index (Phi) is 6.13. The van der Waals surface area contributed by atoms with Crippen molar-refractivity contribution in [3.63, 3.8) is 0 Å². The number of nitrogens with one attached hydrogen (secondary N) is 1. The summed E-state index contributed by atoms with van der Waals surface area (Å²) in [5.41, 5.74) is 6.66. The number of carbonyl (C=O) groups excluding carboxylic acids is 1. The third kappa shape index (κ3) is 4.78. The second kappa shape index (κ2) is 9.51. The van der Waals surface area contributed by atoms with Gasteiger partial charge in [-0.15, -0.1) is 0 Å². The highest BCUT2D eigenvalue weighted by molar-refractivity contribution is 5.94. The average Bonchev–Trinajstić information content (AvgIpc) is 3.33. The van der Waals surface area contributed by atoms with Gasteiger partial charge in [0.2, 0.25) is 0 Å². The minimum absolute atomic E-state index is 0.127. The molecule has 1 saturated heterocycles. The Balaban J connectivity index is 1.21. The topological polar surface area (TPSA) is 61.9 Å². The zero-order chi connectivity index (χ0) is 22.6. The van der Waals surface area contributed by atoms with E-state index in [1.807, 2.05) is 30.7 Å². The normalized spacial score (nSPS) is 15.4. The van der Waals surface area contributed by atoms with E-state index in [4.69, 9.17) is 0 Å². The fourth-order valence-corrected chi connectivity index (χ4v) is 4.68. The number of benzene rings is 2. The van der Waals surface area contributed by atoms with Crippen LogP contribution in [0.5, 0.6) is 0 Å². The number of rotatable bonds is 6. The monoisotopic (exact) mass is 436 g/mol. The maximum atomic E-state index is 11.5. The van der Waals surface area contributed by atoms with E-state index in [1.54, 1.807) is 6.92 Å². The zero-order valence-corrected chi connectivity index (χ0v) is 18.9. The van der Waals surface area contributed by atoms with E-state index in [2.05, 4.69) is 68.6 Å². The minimum Gasteiger partial charge on any atom is -0.300 e. The third-order valence-corrected chi connectivity index (χ3v) is 6.64. The zero-order valence-electron chi connectivity index (χ0n) is 18.9. The quantitative estimate of drug-likeness (QED) is 0.393. The number of hydrogen-bond donors (Lipinski definition) is 1. The van der Waals surface area contributed by atoms with E-state index >= 15 is 0 Å². The molecular weight excluding hydrogens is 408 g/mol. The molecular formula is C28H28N4O. The highest BCUT2D eigenvalue weighted by atomic mass is 16.1. The number of aromatic amines is 1. The van der Waals surface area contributed by atoms with Crippen LogP contribution in [0.1, 0.15) is 47.2 Å². The van der Waals surface area contributed by atoms with Crippen LogP contribution in [0.25, 0.3) is 28.1 Å². The Bertz CT molecular complexity index is 1280. The number of carbonyl (C=O) groups is 1. The first-order chi connectivity index (χ1) is 16.2. The number of nitrogens with zero attached hydrogens (tertiary/aromatic N) is 3. The molecule has 5 heteroatoms. The summed E-state index contributed by atoms with van der Waals surface area (Å²) in [6.07, 6.45) is 12.4. The molecule has 0 atom stereocenters. The summed E-state index contributed by atoms with van der Waals surface area (Å²) in [5, 5.41) is 8.24. The molecule has 0 saturated carbocycles. The molecule has 1 fully saturated rings. The van der Waals surface area contributed by atoms with Crippen molar-refractivity contribution in [2.45, 2.75) is 25.7 Å². The third-order valence-electron chi connectivity index (χ3n) is 6.64. The Morgan fingerprint density at radius 3 is 2.70 bits per heavy atom. The van der Waals surface area contributed by atoms with Crippen LogP contribution in [0, 0.1) is 0 Å². The van der Waals surface area contributed by atoms with Crippen LogP contribution in [0.2, 0.25) is 0 Å². The first-order valence-electron chi connectivity index (χ1n) is 11.5. The molecule has 5 rings (SSSR count). The number of fused-ring (bicyclic) bond motifs is 1. The fourth-order valence-electron chi connectivity index (χ4n) is 4.68. The van der Waals surface area contributed by atoms with Gasteiger partial charge in [-0.1, -0.05) is 42.5 Å². The second-order valence-electron chi connectivity index (χ2n) is 8.79. The van der Waals surface area contributed by atoms with Crippen molar-refractivity contribution in [1.82, 2.24) is 20.1 Å². The lowest BCUT2D eigenvalue weighted by molar-refractivity contribution is 0.101. The molecule has 2 aromatic carbocycles. The van der Waals surface area contributed by atoms with Crippen molar-refractivity contribution in [2.24, 2.45) is 0 Å². The fraction of sp³-hybridized carbons (Fsp3) is 0.250. The summed E-state index contributed by atoms with van der Waals surface area (Å²) in [6.45, 7) is 4.72. The highest BCUT2D eigenvalue weighted by Gasteiger charge is 2.20. The van der Waals surface area contributed by atoms with Crippen molar-refractivity contribution < 1.29 is 4.79 Å². The number of likely N-dealkylation sites (tertiary alicyclic amines) is 1. The Labute approximate surface area is 194 Å². The molecule has 5 nitrogen and oxygen atoms in total. The number of hydrogen-bond acceptors (Lipinski definition) is 4. The van der Waals surface area contributed by atoms with Gasteiger partial charge in [0, 0.05) is 35.5 Å². The Morgan fingerprint density at radius 1 is 1.09 bits per heavy atom. The molecule has 0 bridgehead atoms. The lowest BCUT2D eigenvalue weighted by atomic mass is 9.89. The first-order valence-corrected chi connectivity index (χ1v) is 11.5. The van der Waals surface area contributed by atoms with E-state index < -0.39 is 0 Å². The van der Waals surface area contributed by atoms with Crippen molar-refractivity contribution >= 4 is 22.8 Å². The van der Waals surface area contributed by atoms with Crippen LogP contribution in [0.4, 0.5) is 0 Å². The van der Waals surface area contributed by atoms with Crippen molar-refractivity contribution in [2.75, 3.05) is 19.6 Å². The molecule has 2 aromatic heterocycles. The molecule has 3 heterocycles. The summed E-state index contributed by atoms with van der Waals surface area (Å²) < 4.78 is 0. The van der Waals surface area contributed by atoms with Gasteiger partial charge in [0.25, 0.3) is 0 Å². The van der Waals surface area contributed by atoms with E-state index in [0.717, 1.165) is 54.5 Å². The predicted molar refractivity (Wildman–Crippen MR) is 133 cm³/mol. The van der Waals surface area contributed by atoms with Gasteiger partial charge in [-0.3, -0.25) is 19.8 Å². The molecule has 0 radical (unpaired) electrons. The molecule has 1 N–H and O–H groups in total. The second-order valence-corrected chi connectivity index (χ2v) is 8.79. The Hall–Kier alpha value is -3.57. The van der Waals surface area contributed by atoms with Crippen LogP contribution in [-0.4, -0.2) is 45.5 Å². The summed E-state index contributed by atoms with van der Waals surface area (Å²) in [5.74, 6) is 0.705. The van der Waals surface area contributed by atoms with Crippen molar-refractivity contribution in [3.8, 4) is 11.1 Å². The molecule has 0 spiro atoms. The summed E-state index contributed by atoms with van der Waals surface area (Å²) in [6, 6.07) is 16.6. The number of aromatic nitrogens is 3. The summed E-state index contributed by atoms with van der Waals surface area (Å²) in [4.78, 5) is 18.3. The van der Waals surface area contributed by atoms with E-state index in [-0.39, 0.29) is 5.78 Å². The maximum Gasteiger partial charge on any atom is 0.159 e. The lowest BCUT2D eigenvalue weighted by Crippen LogP contribution is -2.33. The summed E-state index contributed by atoms with van der Waals surface area (Å²) >= 11 is 0. The molecule has 0 aliphatic carbocycles. The van der Waals surface area contributed by atoms with Gasteiger partial charge in [-0.25, -0.2) is 0 Å². The lowest BCUT2D eigenvalue weighted by Gasteiger charge is -2.31. The minimum atomic E-state index is 0.127. The van der Waals surface area contributed by atoms with Gasteiger partial charge in [0.05, 0.1) is 11.7 Å². The molecule has 0 unspecified atom stereocenters. The van der Waals surface area contributed by atoms with Crippen LogP contribution in [0.15, 0.2) is 73.2 Å². The number of pyridine rings is 1. The van der Waals surface area contributed by atoms with E-state index in [0.29, 0.717) is 5.92 Å². The van der Waals surface area contributed by atoms with Crippen LogP contribution >= 0.6 is 0 Å². The van der Waals surface area contributed by atoms with Gasteiger partial charge < -0.3 is 0 Å². The van der Waals surface area contributed by atoms with E-state index in [1.165, 1.54) is 16.7 Å².